The number of hydrogen-bond donors (Lipinski definition) is 1. The molecule has 0 aliphatic carbocycles. The van der Waals surface area contributed by atoms with Crippen molar-refractivity contribution in [1.29, 1.82) is 0 Å². The van der Waals surface area contributed by atoms with E-state index >= 15 is 0 Å². The first-order chi connectivity index (χ1) is 6.18. The van der Waals surface area contributed by atoms with Gasteiger partial charge in [0.15, 0.2) is 0 Å². The van der Waals surface area contributed by atoms with Crippen molar-refractivity contribution in [1.82, 2.24) is 9.38 Å². The van der Waals surface area contributed by atoms with Crippen LogP contribution in [0.25, 0.3) is 5.65 Å². The zero-order valence-electron chi connectivity index (χ0n) is 7.24. The van der Waals surface area contributed by atoms with Gasteiger partial charge in [0.25, 0.3) is 0 Å². The van der Waals surface area contributed by atoms with Crippen LogP contribution < -0.4 is 5.73 Å². The molecular formula is C9H10BrN3. The van der Waals surface area contributed by atoms with Crippen molar-refractivity contribution < 1.29 is 0 Å². The van der Waals surface area contributed by atoms with E-state index in [0.29, 0.717) is 0 Å². The van der Waals surface area contributed by atoms with E-state index in [-0.39, 0.29) is 6.04 Å². The first kappa shape index (κ1) is 8.72. The summed E-state index contributed by atoms with van der Waals surface area (Å²) in [7, 11) is 0. The molecule has 4 heteroatoms. The van der Waals surface area contributed by atoms with Gasteiger partial charge in [0, 0.05) is 16.7 Å². The lowest BCUT2D eigenvalue weighted by molar-refractivity contribution is 0.769. The maximum atomic E-state index is 5.79. The maximum absolute atomic E-state index is 5.79. The molecule has 0 aliphatic rings. The quantitative estimate of drug-likeness (QED) is 0.829. The highest BCUT2D eigenvalue weighted by Gasteiger charge is 2.06. The van der Waals surface area contributed by atoms with Gasteiger partial charge in [0.05, 0.1) is 11.9 Å². The standard InChI is InChI=1S/C9H10BrN3/c1-6(11)8-5-12-9-4-7(10)2-3-13(8)9/h2-6H,11H2,1H3. The Hall–Kier alpha value is -0.870. The van der Waals surface area contributed by atoms with Crippen LogP contribution in [0.3, 0.4) is 0 Å². The molecule has 0 amide bonds. The van der Waals surface area contributed by atoms with E-state index in [0.717, 1.165) is 15.8 Å². The van der Waals surface area contributed by atoms with E-state index in [9.17, 15) is 0 Å². The van der Waals surface area contributed by atoms with Crippen LogP contribution in [0.2, 0.25) is 0 Å². The summed E-state index contributed by atoms with van der Waals surface area (Å²) in [6, 6.07) is 3.95. The highest BCUT2D eigenvalue weighted by Crippen LogP contribution is 2.16. The van der Waals surface area contributed by atoms with Crippen LogP contribution in [0.1, 0.15) is 18.7 Å². The average molecular weight is 240 g/mol. The molecule has 1 unspecified atom stereocenters. The molecule has 2 aromatic heterocycles. The Morgan fingerprint density at radius 3 is 3.08 bits per heavy atom. The van der Waals surface area contributed by atoms with Gasteiger partial charge in [-0.05, 0) is 19.1 Å². The molecule has 2 aromatic rings. The van der Waals surface area contributed by atoms with Crippen LogP contribution in [0.4, 0.5) is 0 Å². The summed E-state index contributed by atoms with van der Waals surface area (Å²) < 4.78 is 3.02. The summed E-state index contributed by atoms with van der Waals surface area (Å²) in [4.78, 5) is 4.25. The van der Waals surface area contributed by atoms with Crippen molar-refractivity contribution >= 4 is 21.6 Å². The Morgan fingerprint density at radius 2 is 2.38 bits per heavy atom. The normalized spacial score (nSPS) is 13.5. The van der Waals surface area contributed by atoms with Crippen molar-refractivity contribution in [2.45, 2.75) is 13.0 Å². The fourth-order valence-corrected chi connectivity index (χ4v) is 1.64. The summed E-state index contributed by atoms with van der Waals surface area (Å²) in [6.45, 7) is 1.95. The van der Waals surface area contributed by atoms with Crippen LogP contribution in [-0.4, -0.2) is 9.38 Å². The van der Waals surface area contributed by atoms with E-state index in [1.165, 1.54) is 0 Å². The molecule has 0 saturated heterocycles. The fourth-order valence-electron chi connectivity index (χ4n) is 1.31. The zero-order chi connectivity index (χ0) is 9.42. The molecule has 2 rings (SSSR count). The Bertz CT molecular complexity index is 433. The highest BCUT2D eigenvalue weighted by molar-refractivity contribution is 9.10. The number of nitrogens with zero attached hydrogens (tertiary/aromatic N) is 2. The number of halogens is 1. The first-order valence-corrected chi connectivity index (χ1v) is 4.86. The number of hydrogen-bond acceptors (Lipinski definition) is 2. The van der Waals surface area contributed by atoms with Gasteiger partial charge >= 0.3 is 0 Å². The van der Waals surface area contributed by atoms with Crippen LogP contribution >= 0.6 is 15.9 Å². The fraction of sp³-hybridized carbons (Fsp3) is 0.222. The van der Waals surface area contributed by atoms with Crippen LogP contribution in [-0.2, 0) is 0 Å². The van der Waals surface area contributed by atoms with E-state index in [2.05, 4.69) is 20.9 Å². The average Bonchev–Trinajstić information content (AvgIpc) is 2.46. The molecule has 2 heterocycles. The molecule has 1 atom stereocenters. The zero-order valence-corrected chi connectivity index (χ0v) is 8.82. The molecule has 13 heavy (non-hydrogen) atoms. The highest BCUT2D eigenvalue weighted by atomic mass is 79.9. The minimum atomic E-state index is 0.0103. The molecule has 0 aromatic carbocycles. The molecule has 2 N–H and O–H groups in total. The SMILES string of the molecule is CC(N)c1cnc2cc(Br)ccn12. The molecule has 0 aliphatic heterocycles. The summed E-state index contributed by atoms with van der Waals surface area (Å²) in [6.07, 6.45) is 3.78. The number of imidazole rings is 1. The predicted octanol–water partition coefficient (Wildman–Crippen LogP) is 2.12. The smallest absolute Gasteiger partial charge is 0.138 e. The van der Waals surface area contributed by atoms with Crippen LogP contribution in [0.15, 0.2) is 29.0 Å². The Labute approximate surface area is 84.7 Å². The molecule has 0 fully saturated rings. The van der Waals surface area contributed by atoms with E-state index in [1.54, 1.807) is 0 Å². The Morgan fingerprint density at radius 1 is 1.62 bits per heavy atom. The number of fused-ring (bicyclic) bond motifs is 1. The van der Waals surface area contributed by atoms with Gasteiger partial charge in [-0.2, -0.15) is 0 Å². The minimum absolute atomic E-state index is 0.0103. The summed E-state index contributed by atoms with van der Waals surface area (Å²) in [5.74, 6) is 0. The third-order valence-electron chi connectivity index (χ3n) is 1.97. The maximum Gasteiger partial charge on any atom is 0.138 e. The lowest BCUT2D eigenvalue weighted by Crippen LogP contribution is -2.07. The Balaban J connectivity index is 2.69. The summed E-state index contributed by atoms with van der Waals surface area (Å²) >= 11 is 3.39. The van der Waals surface area contributed by atoms with Gasteiger partial charge in [-0.1, -0.05) is 15.9 Å². The van der Waals surface area contributed by atoms with Crippen molar-refractivity contribution in [3.63, 3.8) is 0 Å². The number of aromatic nitrogens is 2. The van der Waals surface area contributed by atoms with Gasteiger partial charge in [-0.25, -0.2) is 4.98 Å². The number of nitrogens with two attached hydrogens (primary N) is 1. The van der Waals surface area contributed by atoms with Gasteiger partial charge in [0.1, 0.15) is 5.65 Å². The van der Waals surface area contributed by atoms with Gasteiger partial charge in [0.2, 0.25) is 0 Å². The number of rotatable bonds is 1. The van der Waals surface area contributed by atoms with Crippen molar-refractivity contribution in [3.8, 4) is 0 Å². The predicted molar refractivity (Wildman–Crippen MR) is 55.5 cm³/mol. The lowest BCUT2D eigenvalue weighted by Gasteiger charge is -2.04. The third kappa shape index (κ3) is 1.47. The van der Waals surface area contributed by atoms with Crippen LogP contribution in [0.5, 0.6) is 0 Å². The third-order valence-corrected chi connectivity index (χ3v) is 2.46. The van der Waals surface area contributed by atoms with Crippen molar-refractivity contribution in [2.75, 3.05) is 0 Å². The number of pyridine rings is 1. The minimum Gasteiger partial charge on any atom is -0.323 e. The van der Waals surface area contributed by atoms with Gasteiger partial charge in [-0.15, -0.1) is 0 Å². The lowest BCUT2D eigenvalue weighted by atomic mass is 10.3. The molecule has 0 radical (unpaired) electrons. The van der Waals surface area contributed by atoms with E-state index in [1.807, 2.05) is 35.9 Å². The van der Waals surface area contributed by atoms with Crippen LogP contribution in [0, 0.1) is 0 Å². The summed E-state index contributed by atoms with van der Waals surface area (Å²) in [5, 5.41) is 0. The topological polar surface area (TPSA) is 43.3 Å². The second-order valence-corrected chi connectivity index (χ2v) is 3.96. The van der Waals surface area contributed by atoms with Crippen molar-refractivity contribution in [2.24, 2.45) is 5.73 Å². The largest absolute Gasteiger partial charge is 0.323 e. The van der Waals surface area contributed by atoms with E-state index in [4.69, 9.17) is 5.73 Å². The van der Waals surface area contributed by atoms with Gasteiger partial charge in [-0.3, -0.25) is 0 Å². The van der Waals surface area contributed by atoms with Crippen molar-refractivity contribution in [3.05, 3.63) is 34.7 Å². The van der Waals surface area contributed by atoms with Gasteiger partial charge < -0.3 is 10.1 Å². The molecule has 68 valence electrons. The monoisotopic (exact) mass is 239 g/mol. The molecular weight excluding hydrogens is 230 g/mol. The molecule has 3 nitrogen and oxygen atoms in total. The second-order valence-electron chi connectivity index (χ2n) is 3.04. The molecule has 0 spiro atoms. The van der Waals surface area contributed by atoms with E-state index < -0.39 is 0 Å². The molecule has 0 bridgehead atoms. The first-order valence-electron chi connectivity index (χ1n) is 4.06. The molecule has 0 saturated carbocycles. The summed E-state index contributed by atoms with van der Waals surface area (Å²) in [5.41, 5.74) is 7.74. The second kappa shape index (κ2) is 3.12. The Kier molecular flexibility index (Phi) is 2.09.